The maximum atomic E-state index is 13.6. The van der Waals surface area contributed by atoms with Crippen molar-refractivity contribution in [3.05, 3.63) is 72.6 Å². The minimum absolute atomic E-state index is 0.157. The van der Waals surface area contributed by atoms with Crippen LogP contribution in [-0.2, 0) is 13.6 Å². The average molecular weight is 445 g/mol. The third kappa shape index (κ3) is 3.66. The van der Waals surface area contributed by atoms with Gasteiger partial charge in [-0.1, -0.05) is 0 Å². The zero-order chi connectivity index (χ0) is 22.5. The summed E-state index contributed by atoms with van der Waals surface area (Å²) in [7, 11) is 1.91. The standard InChI is InChI=1S/C25H25FN6O/c1-30-12-19(11-29-30)23-7-17(10-27-23)16-2-5-25(28-9-16)32-15-21-8-22(32)14-31(21)13-18-6-20(26)3-4-24(18)33/h2-7,9-12,21-22,27,33H,8,13-15H2,1H3. The molecule has 7 nitrogen and oxygen atoms in total. The summed E-state index contributed by atoms with van der Waals surface area (Å²) in [5, 5.41) is 14.3. The van der Waals surface area contributed by atoms with Gasteiger partial charge in [0, 0.05) is 85.3 Å². The van der Waals surface area contributed by atoms with Crippen molar-refractivity contribution in [3.63, 3.8) is 0 Å². The number of halogens is 1. The fraction of sp³-hybridized carbons (Fsp3) is 0.280. The molecule has 168 valence electrons. The van der Waals surface area contributed by atoms with Crippen molar-refractivity contribution in [2.45, 2.75) is 25.0 Å². The number of aromatic hydroxyl groups is 1. The molecule has 4 aromatic rings. The van der Waals surface area contributed by atoms with E-state index in [-0.39, 0.29) is 11.6 Å². The first-order chi connectivity index (χ1) is 16.0. The van der Waals surface area contributed by atoms with Gasteiger partial charge in [-0.2, -0.15) is 5.10 Å². The van der Waals surface area contributed by atoms with Crippen LogP contribution in [0.5, 0.6) is 5.75 Å². The summed E-state index contributed by atoms with van der Waals surface area (Å²) in [6.07, 6.45) is 8.82. The number of pyridine rings is 1. The van der Waals surface area contributed by atoms with Gasteiger partial charge in [0.15, 0.2) is 0 Å². The number of anilines is 1. The Morgan fingerprint density at radius 3 is 2.70 bits per heavy atom. The van der Waals surface area contributed by atoms with Crippen LogP contribution < -0.4 is 4.90 Å². The van der Waals surface area contributed by atoms with Gasteiger partial charge in [-0.25, -0.2) is 9.37 Å². The van der Waals surface area contributed by atoms with E-state index in [1.165, 1.54) is 18.2 Å². The van der Waals surface area contributed by atoms with Crippen molar-refractivity contribution in [3.8, 4) is 28.1 Å². The van der Waals surface area contributed by atoms with E-state index in [0.29, 0.717) is 24.2 Å². The molecule has 3 aromatic heterocycles. The first-order valence-electron chi connectivity index (χ1n) is 11.2. The summed E-state index contributed by atoms with van der Waals surface area (Å²) < 4.78 is 15.4. The van der Waals surface area contributed by atoms with E-state index in [0.717, 1.165) is 47.7 Å². The molecule has 0 radical (unpaired) electrons. The SMILES string of the molecule is Cn1cc(-c2cc(-c3ccc(N4CC5CC4CN5Cc4cc(F)ccc4O)nc3)c[nH]2)cn1. The van der Waals surface area contributed by atoms with Crippen molar-refractivity contribution < 1.29 is 9.50 Å². The number of nitrogens with zero attached hydrogens (tertiary/aromatic N) is 5. The minimum atomic E-state index is -0.312. The van der Waals surface area contributed by atoms with Gasteiger partial charge in [-0.15, -0.1) is 0 Å². The molecule has 0 spiro atoms. The van der Waals surface area contributed by atoms with Crippen molar-refractivity contribution >= 4 is 5.82 Å². The lowest BCUT2D eigenvalue weighted by molar-refractivity contribution is 0.227. The van der Waals surface area contributed by atoms with Gasteiger partial charge in [0.1, 0.15) is 17.4 Å². The van der Waals surface area contributed by atoms with E-state index in [2.05, 4.69) is 38.1 Å². The first-order valence-corrected chi connectivity index (χ1v) is 11.2. The molecule has 33 heavy (non-hydrogen) atoms. The Kier molecular flexibility index (Phi) is 4.69. The molecular formula is C25H25FN6O. The van der Waals surface area contributed by atoms with Gasteiger partial charge in [0.05, 0.1) is 6.20 Å². The highest BCUT2D eigenvalue weighted by atomic mass is 19.1. The van der Waals surface area contributed by atoms with Gasteiger partial charge in [-0.05, 0) is 42.8 Å². The summed E-state index contributed by atoms with van der Waals surface area (Å²) in [6, 6.07) is 11.2. The number of rotatable bonds is 5. The van der Waals surface area contributed by atoms with Crippen molar-refractivity contribution in [1.82, 2.24) is 24.6 Å². The van der Waals surface area contributed by atoms with Crippen LogP contribution in [-0.4, -0.2) is 54.9 Å². The van der Waals surface area contributed by atoms with E-state index in [4.69, 9.17) is 4.98 Å². The molecule has 2 aliphatic rings. The molecule has 8 heteroatoms. The lowest BCUT2D eigenvalue weighted by atomic mass is 10.1. The summed E-state index contributed by atoms with van der Waals surface area (Å²) >= 11 is 0. The van der Waals surface area contributed by atoms with Crippen LogP contribution in [0.4, 0.5) is 10.2 Å². The zero-order valence-corrected chi connectivity index (χ0v) is 18.3. The molecule has 0 amide bonds. The summed E-state index contributed by atoms with van der Waals surface area (Å²) in [5.74, 6) is 0.834. The van der Waals surface area contributed by atoms with Gasteiger partial charge < -0.3 is 15.0 Å². The number of likely N-dealkylation sites (tertiary alicyclic amines) is 1. The Balaban J connectivity index is 1.13. The predicted octanol–water partition coefficient (Wildman–Crippen LogP) is 3.79. The third-order valence-electron chi connectivity index (χ3n) is 6.84. The second-order valence-electron chi connectivity index (χ2n) is 9.01. The number of fused-ring (bicyclic) bond motifs is 2. The number of hydrogen-bond donors (Lipinski definition) is 2. The summed E-state index contributed by atoms with van der Waals surface area (Å²) in [5.41, 5.74) is 4.89. The minimum Gasteiger partial charge on any atom is -0.508 e. The van der Waals surface area contributed by atoms with Crippen LogP contribution in [0, 0.1) is 5.82 Å². The van der Waals surface area contributed by atoms with Gasteiger partial charge in [0.25, 0.3) is 0 Å². The van der Waals surface area contributed by atoms with Crippen LogP contribution in [0.1, 0.15) is 12.0 Å². The zero-order valence-electron chi connectivity index (χ0n) is 18.3. The molecule has 2 aliphatic heterocycles. The number of hydrogen-bond acceptors (Lipinski definition) is 5. The lowest BCUT2D eigenvalue weighted by Crippen LogP contribution is -2.46. The fourth-order valence-electron chi connectivity index (χ4n) is 5.14. The van der Waals surface area contributed by atoms with Gasteiger partial charge >= 0.3 is 0 Å². The Morgan fingerprint density at radius 1 is 1.06 bits per heavy atom. The summed E-state index contributed by atoms with van der Waals surface area (Å²) in [4.78, 5) is 12.8. The number of phenols is 1. The van der Waals surface area contributed by atoms with Crippen LogP contribution in [0.15, 0.2) is 61.2 Å². The number of phenolic OH excluding ortho intramolecular Hbond substituents is 1. The molecule has 2 unspecified atom stereocenters. The molecule has 2 fully saturated rings. The van der Waals surface area contributed by atoms with Gasteiger partial charge in [0.2, 0.25) is 0 Å². The monoisotopic (exact) mass is 444 g/mol. The number of aryl methyl sites for hydroxylation is 1. The molecule has 2 bridgehead atoms. The Bertz CT molecular complexity index is 1300. The molecule has 2 atom stereocenters. The average Bonchev–Trinajstić information content (AvgIpc) is 3.60. The quantitative estimate of drug-likeness (QED) is 0.490. The highest BCUT2D eigenvalue weighted by molar-refractivity contribution is 5.71. The maximum Gasteiger partial charge on any atom is 0.128 e. The topological polar surface area (TPSA) is 73.2 Å². The number of aromatic amines is 1. The number of piperazine rings is 1. The largest absolute Gasteiger partial charge is 0.508 e. The van der Waals surface area contributed by atoms with E-state index in [1.54, 1.807) is 4.68 Å². The van der Waals surface area contributed by atoms with Crippen LogP contribution in [0.25, 0.3) is 22.4 Å². The number of nitrogens with one attached hydrogen (secondary N) is 1. The molecule has 2 saturated heterocycles. The summed E-state index contributed by atoms with van der Waals surface area (Å²) in [6.45, 7) is 2.34. The third-order valence-corrected chi connectivity index (χ3v) is 6.84. The molecule has 6 rings (SSSR count). The molecule has 0 saturated carbocycles. The normalized spacial score (nSPS) is 20.1. The lowest BCUT2D eigenvalue weighted by Gasteiger charge is -2.35. The molecule has 0 aliphatic carbocycles. The molecular weight excluding hydrogens is 419 g/mol. The van der Waals surface area contributed by atoms with E-state index in [1.807, 2.05) is 31.8 Å². The highest BCUT2D eigenvalue weighted by Crippen LogP contribution is 2.36. The fourth-order valence-corrected chi connectivity index (χ4v) is 5.14. The highest BCUT2D eigenvalue weighted by Gasteiger charge is 2.43. The number of benzene rings is 1. The Hall–Kier alpha value is -3.65. The van der Waals surface area contributed by atoms with Crippen LogP contribution in [0.2, 0.25) is 0 Å². The van der Waals surface area contributed by atoms with Crippen molar-refractivity contribution in [2.24, 2.45) is 7.05 Å². The van der Waals surface area contributed by atoms with E-state index < -0.39 is 0 Å². The Morgan fingerprint density at radius 2 is 1.97 bits per heavy atom. The molecule has 2 N–H and O–H groups in total. The van der Waals surface area contributed by atoms with Crippen molar-refractivity contribution in [1.29, 1.82) is 0 Å². The number of H-pyrrole nitrogens is 1. The van der Waals surface area contributed by atoms with Gasteiger partial charge in [-0.3, -0.25) is 9.58 Å². The smallest absolute Gasteiger partial charge is 0.128 e. The maximum absolute atomic E-state index is 13.6. The second kappa shape index (κ2) is 7.74. The second-order valence-corrected chi connectivity index (χ2v) is 9.01. The molecule has 1 aromatic carbocycles. The Labute approximate surface area is 191 Å². The van der Waals surface area contributed by atoms with E-state index in [9.17, 15) is 9.50 Å². The van der Waals surface area contributed by atoms with E-state index >= 15 is 0 Å². The van der Waals surface area contributed by atoms with Crippen LogP contribution >= 0.6 is 0 Å². The van der Waals surface area contributed by atoms with Crippen molar-refractivity contribution in [2.75, 3.05) is 18.0 Å². The first kappa shape index (κ1) is 20.0. The number of aromatic nitrogens is 4. The molecule has 5 heterocycles. The van der Waals surface area contributed by atoms with Crippen LogP contribution in [0.3, 0.4) is 0 Å². The predicted molar refractivity (Wildman–Crippen MR) is 124 cm³/mol.